The Bertz CT molecular complexity index is 1560. The average Bonchev–Trinajstić information content (AvgIpc) is 2.97. The molecule has 0 bridgehead atoms. The largest absolute Gasteiger partial charge is 0.466 e. The number of ether oxygens (including phenoxy) is 3. The van der Waals surface area contributed by atoms with Gasteiger partial charge in [0.15, 0.2) is 0 Å². The van der Waals surface area contributed by atoms with Crippen LogP contribution in [-0.2, 0) is 36.7 Å². The maximum Gasteiger partial charge on any atom is 0.344 e. The standard InChI is InChI=1S/C30H32O6.C5H8O2/c1-6-9-22-16-24-17-26(21-11-13-25(14-12-21)35-29(32)20(4)5)30(33)36-27(24)18-23(22)10-7-8-15-34-28(31)19(2)3;1-4(2)5(6)7-3/h11-14,16-18H,2,4,6-10,15H2,1,3,5H3;1H2,2-3H3. The van der Waals surface area contributed by atoms with Gasteiger partial charge < -0.3 is 18.6 Å². The molecule has 8 nitrogen and oxygen atoms in total. The van der Waals surface area contributed by atoms with E-state index in [0.29, 0.717) is 45.8 Å². The van der Waals surface area contributed by atoms with Gasteiger partial charge in [-0.25, -0.2) is 19.2 Å². The molecule has 3 aromatic rings. The lowest BCUT2D eigenvalue weighted by Crippen LogP contribution is -2.08. The van der Waals surface area contributed by atoms with Gasteiger partial charge in [0.1, 0.15) is 11.3 Å². The van der Waals surface area contributed by atoms with E-state index in [1.54, 1.807) is 45.0 Å². The van der Waals surface area contributed by atoms with Crippen LogP contribution in [0.3, 0.4) is 0 Å². The molecular weight excluding hydrogens is 548 g/mol. The van der Waals surface area contributed by atoms with E-state index >= 15 is 0 Å². The van der Waals surface area contributed by atoms with Gasteiger partial charge in [-0.1, -0.05) is 45.2 Å². The molecule has 228 valence electrons. The predicted molar refractivity (Wildman–Crippen MR) is 168 cm³/mol. The molecule has 1 heterocycles. The second-order valence-electron chi connectivity index (χ2n) is 10.2. The minimum Gasteiger partial charge on any atom is -0.466 e. The molecule has 3 rings (SSSR count). The molecule has 2 aromatic carbocycles. The van der Waals surface area contributed by atoms with E-state index in [2.05, 4.69) is 37.5 Å². The topological polar surface area (TPSA) is 109 Å². The lowest BCUT2D eigenvalue weighted by Gasteiger charge is -2.12. The summed E-state index contributed by atoms with van der Waals surface area (Å²) in [6.45, 7) is 17.8. The summed E-state index contributed by atoms with van der Waals surface area (Å²) in [5.74, 6) is -0.839. The number of carbonyl (C=O) groups is 3. The third kappa shape index (κ3) is 10.6. The van der Waals surface area contributed by atoms with Crippen molar-refractivity contribution in [1.82, 2.24) is 0 Å². The summed E-state index contributed by atoms with van der Waals surface area (Å²) >= 11 is 0. The van der Waals surface area contributed by atoms with E-state index in [1.165, 1.54) is 12.7 Å². The number of methoxy groups -OCH3 is 1. The molecule has 0 aliphatic carbocycles. The first-order valence-electron chi connectivity index (χ1n) is 14.0. The van der Waals surface area contributed by atoms with E-state index in [0.717, 1.165) is 43.1 Å². The highest BCUT2D eigenvalue weighted by Crippen LogP contribution is 2.27. The first-order chi connectivity index (χ1) is 20.4. The Morgan fingerprint density at radius 2 is 1.40 bits per heavy atom. The number of rotatable bonds is 12. The molecule has 43 heavy (non-hydrogen) atoms. The minimum atomic E-state index is -0.500. The Labute approximate surface area is 252 Å². The molecule has 0 aliphatic heterocycles. The third-order valence-electron chi connectivity index (χ3n) is 6.25. The Morgan fingerprint density at radius 3 is 1.93 bits per heavy atom. The van der Waals surface area contributed by atoms with Crippen molar-refractivity contribution in [3.8, 4) is 16.9 Å². The molecule has 0 spiro atoms. The molecule has 1 aromatic heterocycles. The minimum absolute atomic E-state index is 0.308. The first-order valence-corrected chi connectivity index (χ1v) is 14.0. The molecule has 0 N–H and O–H groups in total. The van der Waals surface area contributed by atoms with Gasteiger partial charge in [0.25, 0.3) is 0 Å². The van der Waals surface area contributed by atoms with Crippen molar-refractivity contribution in [2.75, 3.05) is 13.7 Å². The van der Waals surface area contributed by atoms with E-state index in [4.69, 9.17) is 13.9 Å². The van der Waals surface area contributed by atoms with Gasteiger partial charge in [0.05, 0.1) is 19.3 Å². The summed E-state index contributed by atoms with van der Waals surface area (Å²) in [5, 5.41) is 0.852. The molecule has 8 heteroatoms. The van der Waals surface area contributed by atoms with E-state index in [-0.39, 0.29) is 11.9 Å². The van der Waals surface area contributed by atoms with Gasteiger partial charge >= 0.3 is 23.5 Å². The fraction of sp³-hybridized carbons (Fsp3) is 0.314. The van der Waals surface area contributed by atoms with Crippen molar-refractivity contribution in [3.63, 3.8) is 0 Å². The van der Waals surface area contributed by atoms with Crippen LogP contribution in [0.25, 0.3) is 22.1 Å². The summed E-state index contributed by atoms with van der Waals surface area (Å²) in [4.78, 5) is 46.2. The number of hydrogen-bond donors (Lipinski definition) is 0. The van der Waals surface area contributed by atoms with Crippen molar-refractivity contribution in [2.45, 2.75) is 59.8 Å². The molecule has 0 amide bonds. The number of fused-ring (bicyclic) bond motifs is 1. The summed E-state index contributed by atoms with van der Waals surface area (Å²) in [7, 11) is 1.33. The molecule has 0 fully saturated rings. The van der Waals surface area contributed by atoms with Crippen LogP contribution in [0, 0.1) is 0 Å². The van der Waals surface area contributed by atoms with Crippen LogP contribution in [0.15, 0.2) is 88.1 Å². The average molecular weight is 589 g/mol. The second-order valence-corrected chi connectivity index (χ2v) is 10.2. The molecule has 0 atom stereocenters. The van der Waals surface area contributed by atoms with E-state index < -0.39 is 11.6 Å². The van der Waals surface area contributed by atoms with Crippen LogP contribution in [0.5, 0.6) is 5.75 Å². The van der Waals surface area contributed by atoms with Crippen molar-refractivity contribution in [2.24, 2.45) is 0 Å². The lowest BCUT2D eigenvalue weighted by molar-refractivity contribution is -0.139. The number of benzene rings is 2. The van der Waals surface area contributed by atoms with Crippen molar-refractivity contribution < 1.29 is 33.0 Å². The summed E-state index contributed by atoms with van der Waals surface area (Å²) in [5.41, 5.74) is 4.70. The highest BCUT2D eigenvalue weighted by Gasteiger charge is 2.13. The van der Waals surface area contributed by atoms with Crippen molar-refractivity contribution >= 4 is 28.9 Å². The summed E-state index contributed by atoms with van der Waals surface area (Å²) in [6, 6.07) is 12.6. The van der Waals surface area contributed by atoms with Crippen LogP contribution in [0.4, 0.5) is 0 Å². The van der Waals surface area contributed by atoms with Crippen LogP contribution in [0.1, 0.15) is 58.1 Å². The van der Waals surface area contributed by atoms with Gasteiger partial charge in [-0.2, -0.15) is 0 Å². The zero-order valence-electron chi connectivity index (χ0n) is 25.7. The van der Waals surface area contributed by atoms with Gasteiger partial charge in [-0.15, -0.1) is 0 Å². The van der Waals surface area contributed by atoms with Gasteiger partial charge in [0, 0.05) is 22.1 Å². The summed E-state index contributed by atoms with van der Waals surface area (Å²) in [6.07, 6.45) is 4.28. The fourth-order valence-electron chi connectivity index (χ4n) is 3.97. The quantitative estimate of drug-likeness (QED) is 0.0727. The maximum atomic E-state index is 12.8. The van der Waals surface area contributed by atoms with Crippen LogP contribution in [-0.4, -0.2) is 31.6 Å². The van der Waals surface area contributed by atoms with Gasteiger partial charge in [-0.3, -0.25) is 0 Å². The second kappa shape index (κ2) is 16.7. The Balaban J connectivity index is 0.000000821. The van der Waals surface area contributed by atoms with Gasteiger partial charge in [-0.05, 0) is 93.5 Å². The number of unbranched alkanes of at least 4 members (excludes halogenated alkanes) is 1. The number of esters is 3. The maximum absolute atomic E-state index is 12.8. The fourth-order valence-corrected chi connectivity index (χ4v) is 3.97. The molecule has 0 aliphatic rings. The Kier molecular flexibility index (Phi) is 13.4. The van der Waals surface area contributed by atoms with Crippen LogP contribution in [0.2, 0.25) is 0 Å². The molecule has 0 radical (unpaired) electrons. The van der Waals surface area contributed by atoms with Crippen molar-refractivity contribution in [1.29, 1.82) is 0 Å². The van der Waals surface area contributed by atoms with Crippen molar-refractivity contribution in [3.05, 3.63) is 100 Å². The lowest BCUT2D eigenvalue weighted by atomic mass is 9.96. The van der Waals surface area contributed by atoms with Crippen LogP contribution < -0.4 is 10.4 Å². The van der Waals surface area contributed by atoms with E-state index in [9.17, 15) is 19.2 Å². The van der Waals surface area contributed by atoms with Crippen LogP contribution >= 0.6 is 0 Å². The molecule has 0 saturated heterocycles. The monoisotopic (exact) mass is 588 g/mol. The number of aryl methyl sites for hydroxylation is 2. The zero-order chi connectivity index (χ0) is 32.1. The zero-order valence-corrected chi connectivity index (χ0v) is 25.7. The number of hydrogen-bond acceptors (Lipinski definition) is 8. The third-order valence-corrected chi connectivity index (χ3v) is 6.25. The summed E-state index contributed by atoms with van der Waals surface area (Å²) < 4.78 is 20.4. The molecular formula is C35H40O8. The number of carbonyl (C=O) groups excluding carboxylic acids is 3. The normalized spacial score (nSPS) is 10.3. The first kappa shape index (κ1) is 34.5. The Morgan fingerprint density at radius 1 is 0.791 bits per heavy atom. The highest BCUT2D eigenvalue weighted by atomic mass is 16.5. The van der Waals surface area contributed by atoms with E-state index in [1.807, 2.05) is 12.1 Å². The van der Waals surface area contributed by atoms with Gasteiger partial charge in [0.2, 0.25) is 0 Å². The SMILES string of the molecule is C=C(C)C(=O)OC.C=C(C)C(=O)OCCCCc1cc2oc(=O)c(-c3ccc(OC(=O)C(=C)C)cc3)cc2cc1CCC. The molecule has 0 unspecified atom stereocenters. The molecule has 0 saturated carbocycles. The Hall–Kier alpha value is -4.72. The highest BCUT2D eigenvalue weighted by molar-refractivity contribution is 5.89. The predicted octanol–water partition coefficient (Wildman–Crippen LogP) is 7.07. The smallest absolute Gasteiger partial charge is 0.344 e.